The molecule has 0 bridgehead atoms. The van der Waals surface area contributed by atoms with E-state index in [4.69, 9.17) is 0 Å². The van der Waals surface area contributed by atoms with Crippen LogP contribution in [-0.4, -0.2) is 21.8 Å². The van der Waals surface area contributed by atoms with Crippen molar-refractivity contribution in [3.05, 3.63) is 23.8 Å². The summed E-state index contributed by atoms with van der Waals surface area (Å²) >= 11 is 0. The summed E-state index contributed by atoms with van der Waals surface area (Å²) in [5, 5.41) is 19.1. The van der Waals surface area contributed by atoms with E-state index in [-0.39, 0.29) is 11.2 Å². The van der Waals surface area contributed by atoms with Crippen LogP contribution in [0.15, 0.2) is 23.8 Å². The average Bonchev–Trinajstić information content (AvgIpc) is 2.39. The third kappa shape index (κ3) is 4.04. The van der Waals surface area contributed by atoms with Crippen LogP contribution in [0.1, 0.15) is 59.3 Å². The molecule has 0 amide bonds. The third-order valence-corrected chi connectivity index (χ3v) is 5.32. The van der Waals surface area contributed by atoms with Crippen molar-refractivity contribution in [1.29, 1.82) is 0 Å². The van der Waals surface area contributed by atoms with Crippen LogP contribution in [0.4, 0.5) is 0 Å². The SMILES string of the molecule is CC[C@@H](CCC(C)(O)O)[C@@H]1CCC2=CC(=O)C=C[C@]2(C)C1. The van der Waals surface area contributed by atoms with E-state index >= 15 is 0 Å². The minimum atomic E-state index is -1.56. The van der Waals surface area contributed by atoms with Gasteiger partial charge in [0.25, 0.3) is 0 Å². The second kappa shape index (κ2) is 6.05. The van der Waals surface area contributed by atoms with Gasteiger partial charge in [-0.25, -0.2) is 0 Å². The van der Waals surface area contributed by atoms with Gasteiger partial charge in [-0.15, -0.1) is 0 Å². The Morgan fingerprint density at radius 2 is 2.19 bits per heavy atom. The first kappa shape index (κ1) is 16.4. The lowest BCUT2D eigenvalue weighted by molar-refractivity contribution is -0.153. The molecule has 0 spiro atoms. The normalized spacial score (nSPS) is 30.8. The van der Waals surface area contributed by atoms with Crippen molar-refractivity contribution in [3.63, 3.8) is 0 Å². The monoisotopic (exact) mass is 292 g/mol. The smallest absolute Gasteiger partial charge is 0.178 e. The second-order valence-electron chi connectivity index (χ2n) is 7.25. The highest BCUT2D eigenvalue weighted by molar-refractivity contribution is 6.01. The summed E-state index contributed by atoms with van der Waals surface area (Å²) in [7, 11) is 0. The van der Waals surface area contributed by atoms with Crippen molar-refractivity contribution < 1.29 is 15.0 Å². The molecule has 0 aromatic heterocycles. The summed E-state index contributed by atoms with van der Waals surface area (Å²) in [5.41, 5.74) is 1.29. The molecule has 0 heterocycles. The van der Waals surface area contributed by atoms with Crippen molar-refractivity contribution >= 4 is 5.78 Å². The zero-order valence-electron chi connectivity index (χ0n) is 13.4. The quantitative estimate of drug-likeness (QED) is 0.764. The molecule has 3 heteroatoms. The van der Waals surface area contributed by atoms with E-state index in [9.17, 15) is 15.0 Å². The predicted octanol–water partition coefficient (Wildman–Crippen LogP) is 3.37. The number of carbonyl (C=O) groups is 1. The zero-order chi connectivity index (χ0) is 15.7. The number of allylic oxidation sites excluding steroid dienone is 4. The first-order valence-corrected chi connectivity index (χ1v) is 8.12. The molecule has 3 atom stereocenters. The van der Waals surface area contributed by atoms with Crippen LogP contribution >= 0.6 is 0 Å². The molecule has 0 radical (unpaired) electrons. The summed E-state index contributed by atoms with van der Waals surface area (Å²) in [6.45, 7) is 5.87. The van der Waals surface area contributed by atoms with Gasteiger partial charge in [0.1, 0.15) is 0 Å². The molecule has 21 heavy (non-hydrogen) atoms. The van der Waals surface area contributed by atoms with Crippen molar-refractivity contribution in [3.8, 4) is 0 Å². The van der Waals surface area contributed by atoms with Crippen LogP contribution in [0.2, 0.25) is 0 Å². The van der Waals surface area contributed by atoms with E-state index in [1.54, 1.807) is 6.08 Å². The maximum Gasteiger partial charge on any atom is 0.178 e. The predicted molar refractivity (Wildman–Crippen MR) is 83.5 cm³/mol. The Kier molecular flexibility index (Phi) is 4.74. The molecule has 1 fully saturated rings. The van der Waals surface area contributed by atoms with Gasteiger partial charge in [0.2, 0.25) is 0 Å². The van der Waals surface area contributed by atoms with Gasteiger partial charge in [0, 0.05) is 11.8 Å². The Balaban J connectivity index is 2.04. The molecule has 0 saturated heterocycles. The molecule has 2 aliphatic rings. The Morgan fingerprint density at radius 3 is 2.81 bits per heavy atom. The molecule has 1 saturated carbocycles. The number of hydrogen-bond acceptors (Lipinski definition) is 3. The summed E-state index contributed by atoms with van der Waals surface area (Å²) in [6.07, 6.45) is 11.1. The minimum absolute atomic E-state index is 0.0198. The Hall–Kier alpha value is -0.930. The Bertz CT molecular complexity index is 456. The lowest BCUT2D eigenvalue weighted by Gasteiger charge is -2.43. The molecule has 2 aliphatic carbocycles. The highest BCUT2D eigenvalue weighted by atomic mass is 16.5. The molecular formula is C18H28O3. The number of ketones is 1. The molecule has 0 aromatic carbocycles. The molecule has 118 valence electrons. The average molecular weight is 292 g/mol. The van der Waals surface area contributed by atoms with Gasteiger partial charge in [0.05, 0.1) is 0 Å². The fourth-order valence-electron chi connectivity index (χ4n) is 3.94. The van der Waals surface area contributed by atoms with Crippen LogP contribution < -0.4 is 0 Å². The standard InChI is InChI=1S/C18H28O3/c1-4-13(7-10-18(3,20)21)14-5-6-15-11-16(19)8-9-17(15,2)12-14/h8-9,11,13-14,20-21H,4-7,10,12H2,1-3H3/t13-,14+,17+/m0/s1. The summed E-state index contributed by atoms with van der Waals surface area (Å²) in [4.78, 5) is 11.5. The van der Waals surface area contributed by atoms with Crippen molar-refractivity contribution in [2.75, 3.05) is 0 Å². The van der Waals surface area contributed by atoms with Gasteiger partial charge >= 0.3 is 0 Å². The fraction of sp³-hybridized carbons (Fsp3) is 0.722. The van der Waals surface area contributed by atoms with Crippen molar-refractivity contribution in [1.82, 2.24) is 0 Å². The molecule has 3 nitrogen and oxygen atoms in total. The van der Waals surface area contributed by atoms with E-state index < -0.39 is 5.79 Å². The highest BCUT2D eigenvalue weighted by Crippen LogP contribution is 2.49. The first-order chi connectivity index (χ1) is 9.73. The lowest BCUT2D eigenvalue weighted by atomic mass is 9.62. The molecule has 2 rings (SSSR count). The molecule has 0 unspecified atom stereocenters. The molecular weight excluding hydrogens is 264 g/mol. The van der Waals surface area contributed by atoms with E-state index in [1.165, 1.54) is 12.5 Å². The van der Waals surface area contributed by atoms with E-state index in [2.05, 4.69) is 19.9 Å². The number of carbonyl (C=O) groups excluding carboxylic acids is 1. The zero-order valence-corrected chi connectivity index (χ0v) is 13.4. The van der Waals surface area contributed by atoms with E-state index in [0.29, 0.717) is 18.3 Å². The van der Waals surface area contributed by atoms with Crippen LogP contribution in [0, 0.1) is 17.3 Å². The van der Waals surface area contributed by atoms with Gasteiger partial charge in [-0.3, -0.25) is 4.79 Å². The maximum absolute atomic E-state index is 11.5. The Labute approximate surface area is 127 Å². The van der Waals surface area contributed by atoms with E-state index in [1.807, 2.05) is 6.08 Å². The number of rotatable bonds is 5. The summed E-state index contributed by atoms with van der Waals surface area (Å²) < 4.78 is 0. The highest BCUT2D eigenvalue weighted by Gasteiger charge is 2.38. The van der Waals surface area contributed by atoms with E-state index in [0.717, 1.165) is 32.1 Å². The molecule has 2 N–H and O–H groups in total. The van der Waals surface area contributed by atoms with Gasteiger partial charge in [0.15, 0.2) is 11.6 Å². The number of hydrogen-bond donors (Lipinski definition) is 2. The topological polar surface area (TPSA) is 57.5 Å². The number of aliphatic hydroxyl groups is 2. The fourth-order valence-corrected chi connectivity index (χ4v) is 3.94. The van der Waals surface area contributed by atoms with Crippen LogP contribution in [0.25, 0.3) is 0 Å². The van der Waals surface area contributed by atoms with Crippen LogP contribution in [0.3, 0.4) is 0 Å². The number of fused-ring (bicyclic) bond motifs is 1. The first-order valence-electron chi connectivity index (χ1n) is 8.12. The minimum Gasteiger partial charge on any atom is -0.366 e. The lowest BCUT2D eigenvalue weighted by Crippen LogP contribution is -2.33. The molecule has 0 aromatic rings. The van der Waals surface area contributed by atoms with Crippen molar-refractivity contribution in [2.45, 2.75) is 65.1 Å². The largest absolute Gasteiger partial charge is 0.366 e. The van der Waals surface area contributed by atoms with Gasteiger partial charge in [-0.1, -0.05) is 31.9 Å². The maximum atomic E-state index is 11.5. The van der Waals surface area contributed by atoms with Crippen molar-refractivity contribution in [2.24, 2.45) is 17.3 Å². The van der Waals surface area contributed by atoms with Crippen LogP contribution in [-0.2, 0) is 4.79 Å². The van der Waals surface area contributed by atoms with Crippen LogP contribution in [0.5, 0.6) is 0 Å². The second-order valence-corrected chi connectivity index (χ2v) is 7.25. The Morgan fingerprint density at radius 1 is 1.48 bits per heavy atom. The summed E-state index contributed by atoms with van der Waals surface area (Å²) in [6, 6.07) is 0. The van der Waals surface area contributed by atoms with Gasteiger partial charge < -0.3 is 10.2 Å². The van der Waals surface area contributed by atoms with Gasteiger partial charge in [-0.05, 0) is 56.6 Å². The summed E-state index contributed by atoms with van der Waals surface area (Å²) in [5.74, 6) is -0.330. The van der Waals surface area contributed by atoms with Gasteiger partial charge in [-0.2, -0.15) is 0 Å². The third-order valence-electron chi connectivity index (χ3n) is 5.32. The molecule has 0 aliphatic heterocycles.